The van der Waals surface area contributed by atoms with Gasteiger partial charge in [-0.05, 0) is 42.8 Å². The monoisotopic (exact) mass is 526 g/mol. The average Bonchev–Trinajstić information content (AvgIpc) is 3.19. The highest BCUT2D eigenvalue weighted by atomic mass is 35.5. The third kappa shape index (κ3) is 6.07. The number of benzene rings is 3. The summed E-state index contributed by atoms with van der Waals surface area (Å²) in [5, 5.41) is 4.17. The number of hydrogen-bond acceptors (Lipinski definition) is 5. The van der Waals surface area contributed by atoms with Gasteiger partial charge in [0.15, 0.2) is 10.1 Å². The Kier molecular flexibility index (Phi) is 8.06. The molecule has 0 saturated heterocycles. The molecule has 8 heteroatoms. The molecule has 0 aliphatic rings. The first-order chi connectivity index (χ1) is 16.4. The molecule has 4 nitrogen and oxygen atoms in total. The first-order valence-electron chi connectivity index (χ1n) is 10.4. The molecule has 0 atom stereocenters. The Morgan fingerprint density at radius 1 is 1.00 bits per heavy atom. The summed E-state index contributed by atoms with van der Waals surface area (Å²) < 4.78 is 0.800. The fourth-order valence-corrected chi connectivity index (χ4v) is 5.76. The minimum atomic E-state index is -0.203. The van der Waals surface area contributed by atoms with Crippen molar-refractivity contribution in [1.82, 2.24) is 4.98 Å². The number of ketones is 1. The van der Waals surface area contributed by atoms with Gasteiger partial charge in [0.1, 0.15) is 0 Å². The number of hydrogen-bond donors (Lipinski definition) is 1. The Balaban J connectivity index is 1.40. The van der Waals surface area contributed by atoms with Gasteiger partial charge in [0, 0.05) is 32.5 Å². The van der Waals surface area contributed by atoms with Crippen molar-refractivity contribution in [2.24, 2.45) is 0 Å². The zero-order chi connectivity index (χ0) is 24.1. The van der Waals surface area contributed by atoms with Crippen molar-refractivity contribution in [1.29, 1.82) is 0 Å². The van der Waals surface area contributed by atoms with Gasteiger partial charge in [0.2, 0.25) is 5.91 Å². The van der Waals surface area contributed by atoms with Crippen LogP contribution in [0.1, 0.15) is 32.1 Å². The molecule has 0 radical (unpaired) electrons. The van der Waals surface area contributed by atoms with Crippen molar-refractivity contribution in [3.05, 3.63) is 110 Å². The Bertz CT molecular complexity index is 1340. The van der Waals surface area contributed by atoms with Gasteiger partial charge >= 0.3 is 0 Å². The number of anilines is 1. The summed E-state index contributed by atoms with van der Waals surface area (Å²) in [4.78, 5) is 31.2. The zero-order valence-corrected chi connectivity index (χ0v) is 21.3. The van der Waals surface area contributed by atoms with E-state index in [0.717, 1.165) is 20.5 Å². The molecular formula is C26H20Cl2N2O2S2. The lowest BCUT2D eigenvalue weighted by Gasteiger charge is -2.10. The van der Waals surface area contributed by atoms with E-state index in [1.807, 2.05) is 31.2 Å². The van der Waals surface area contributed by atoms with Gasteiger partial charge in [-0.1, -0.05) is 77.4 Å². The number of carbonyl (C=O) groups excluding carboxylic acids is 2. The van der Waals surface area contributed by atoms with Crippen LogP contribution in [0, 0.1) is 6.92 Å². The number of para-hydroxylation sites is 1. The Hall–Kier alpha value is -2.64. The molecule has 1 amide bonds. The van der Waals surface area contributed by atoms with Gasteiger partial charge in [0.05, 0.1) is 17.1 Å². The van der Waals surface area contributed by atoms with Crippen molar-refractivity contribution in [2.75, 3.05) is 11.1 Å². The molecule has 0 unspecified atom stereocenters. The Morgan fingerprint density at radius 3 is 2.53 bits per heavy atom. The third-order valence-electron chi connectivity index (χ3n) is 5.04. The molecule has 4 aromatic rings. The molecule has 3 aromatic carbocycles. The molecule has 0 aliphatic carbocycles. The molecule has 4 rings (SSSR count). The van der Waals surface area contributed by atoms with Crippen LogP contribution in [-0.2, 0) is 11.2 Å². The normalized spacial score (nSPS) is 10.8. The molecule has 34 heavy (non-hydrogen) atoms. The van der Waals surface area contributed by atoms with Crippen molar-refractivity contribution in [3.63, 3.8) is 0 Å². The van der Waals surface area contributed by atoms with E-state index >= 15 is 0 Å². The number of thioether (sulfide) groups is 1. The van der Waals surface area contributed by atoms with Gasteiger partial charge in [-0.2, -0.15) is 0 Å². The topological polar surface area (TPSA) is 59.1 Å². The molecule has 0 fully saturated rings. The van der Waals surface area contributed by atoms with E-state index in [2.05, 4.69) is 10.3 Å². The molecular weight excluding hydrogens is 507 g/mol. The van der Waals surface area contributed by atoms with E-state index in [9.17, 15) is 9.59 Å². The van der Waals surface area contributed by atoms with E-state index in [1.54, 1.807) is 48.5 Å². The summed E-state index contributed by atoms with van der Waals surface area (Å²) in [5.74, 6) is -0.160. The molecule has 172 valence electrons. The first-order valence-corrected chi connectivity index (χ1v) is 13.0. The SMILES string of the molecule is Cc1nc(SCC(=O)Nc2ccccc2C(=O)c2ccccc2)sc1Cc1cc(Cl)ccc1Cl. The lowest BCUT2D eigenvalue weighted by atomic mass is 10.0. The van der Waals surface area contributed by atoms with E-state index in [1.165, 1.54) is 23.1 Å². The number of aromatic nitrogens is 1. The number of amides is 1. The maximum atomic E-state index is 12.9. The van der Waals surface area contributed by atoms with Crippen LogP contribution in [-0.4, -0.2) is 22.4 Å². The molecule has 1 heterocycles. The highest BCUT2D eigenvalue weighted by Crippen LogP contribution is 2.31. The van der Waals surface area contributed by atoms with E-state index in [4.69, 9.17) is 23.2 Å². The summed E-state index contributed by atoms with van der Waals surface area (Å²) in [6.45, 7) is 1.94. The number of carbonyl (C=O) groups is 2. The lowest BCUT2D eigenvalue weighted by molar-refractivity contribution is -0.113. The van der Waals surface area contributed by atoms with Gasteiger partial charge in [0.25, 0.3) is 0 Å². The van der Waals surface area contributed by atoms with Crippen molar-refractivity contribution in [3.8, 4) is 0 Å². The van der Waals surface area contributed by atoms with Gasteiger partial charge in [-0.15, -0.1) is 11.3 Å². The summed E-state index contributed by atoms with van der Waals surface area (Å²) in [6, 6.07) is 21.4. The molecule has 0 saturated carbocycles. The van der Waals surface area contributed by atoms with Crippen molar-refractivity contribution >= 4 is 63.7 Å². The maximum absolute atomic E-state index is 12.9. The molecule has 1 aromatic heterocycles. The number of aryl methyl sites for hydroxylation is 1. The second kappa shape index (κ2) is 11.2. The zero-order valence-electron chi connectivity index (χ0n) is 18.2. The number of nitrogens with one attached hydrogen (secondary N) is 1. The van der Waals surface area contributed by atoms with Crippen LogP contribution in [0.15, 0.2) is 77.1 Å². The summed E-state index contributed by atoms with van der Waals surface area (Å²) in [7, 11) is 0. The Morgan fingerprint density at radius 2 is 1.74 bits per heavy atom. The van der Waals surface area contributed by atoms with Crippen LogP contribution >= 0.6 is 46.3 Å². The molecule has 0 spiro atoms. The number of rotatable bonds is 8. The largest absolute Gasteiger partial charge is 0.325 e. The number of thiazole rings is 1. The summed E-state index contributed by atoms with van der Waals surface area (Å²) >= 11 is 15.3. The van der Waals surface area contributed by atoms with Crippen LogP contribution in [0.3, 0.4) is 0 Å². The first kappa shape index (κ1) is 24.5. The fraction of sp³-hybridized carbons (Fsp3) is 0.115. The standard InChI is InChI=1S/C26H20Cl2N2O2S2/c1-16-23(14-18-13-19(27)11-12-21(18)28)34-26(29-16)33-15-24(31)30-22-10-6-5-9-20(22)25(32)17-7-3-2-4-8-17/h2-13H,14-15H2,1H3,(H,30,31). The van der Waals surface area contributed by atoms with Crippen LogP contribution < -0.4 is 5.32 Å². The van der Waals surface area contributed by atoms with Crippen LogP contribution in [0.5, 0.6) is 0 Å². The van der Waals surface area contributed by atoms with Gasteiger partial charge in [-0.3, -0.25) is 9.59 Å². The van der Waals surface area contributed by atoms with E-state index in [-0.39, 0.29) is 17.4 Å². The second-order valence-corrected chi connectivity index (χ2v) is 10.6. The number of halogens is 2. The van der Waals surface area contributed by atoms with Gasteiger partial charge in [-0.25, -0.2) is 4.98 Å². The van der Waals surface area contributed by atoms with Crippen LogP contribution in [0.4, 0.5) is 5.69 Å². The van der Waals surface area contributed by atoms with E-state index in [0.29, 0.717) is 33.3 Å². The quantitative estimate of drug-likeness (QED) is 0.193. The average molecular weight is 527 g/mol. The molecule has 0 bridgehead atoms. The smallest absolute Gasteiger partial charge is 0.234 e. The molecule has 0 aliphatic heterocycles. The van der Waals surface area contributed by atoms with Gasteiger partial charge < -0.3 is 5.32 Å². The lowest BCUT2D eigenvalue weighted by Crippen LogP contribution is -2.16. The van der Waals surface area contributed by atoms with E-state index < -0.39 is 0 Å². The number of nitrogens with zero attached hydrogens (tertiary/aromatic N) is 1. The summed E-state index contributed by atoms with van der Waals surface area (Å²) in [5.41, 5.74) is 3.37. The molecule has 1 N–H and O–H groups in total. The highest BCUT2D eigenvalue weighted by molar-refractivity contribution is 8.01. The highest BCUT2D eigenvalue weighted by Gasteiger charge is 2.16. The third-order valence-corrected chi connectivity index (χ3v) is 7.94. The minimum Gasteiger partial charge on any atom is -0.325 e. The maximum Gasteiger partial charge on any atom is 0.234 e. The van der Waals surface area contributed by atoms with Crippen LogP contribution in [0.25, 0.3) is 0 Å². The summed E-state index contributed by atoms with van der Waals surface area (Å²) in [6.07, 6.45) is 0.630. The fourth-order valence-electron chi connectivity index (χ4n) is 3.33. The van der Waals surface area contributed by atoms with Crippen LogP contribution in [0.2, 0.25) is 10.0 Å². The predicted molar refractivity (Wildman–Crippen MR) is 142 cm³/mol. The predicted octanol–water partition coefficient (Wildman–Crippen LogP) is 7.31. The van der Waals surface area contributed by atoms with Crippen molar-refractivity contribution in [2.45, 2.75) is 17.7 Å². The second-order valence-electron chi connectivity index (χ2n) is 7.48. The minimum absolute atomic E-state index is 0.135. The Labute approximate surface area is 216 Å². The van der Waals surface area contributed by atoms with Crippen molar-refractivity contribution < 1.29 is 9.59 Å².